The molecule has 3 rings (SSSR count). The van der Waals surface area contributed by atoms with Crippen molar-refractivity contribution in [1.82, 2.24) is 25.3 Å². The van der Waals surface area contributed by atoms with E-state index in [9.17, 15) is 14.4 Å². The number of imide groups is 1. The third-order valence-corrected chi connectivity index (χ3v) is 4.77. The maximum Gasteiger partial charge on any atom is 0.325 e. The Morgan fingerprint density at radius 2 is 2.03 bits per heavy atom. The molecule has 4 amide bonds. The van der Waals surface area contributed by atoms with Crippen LogP contribution in [0.25, 0.3) is 0 Å². The van der Waals surface area contributed by atoms with Gasteiger partial charge < -0.3 is 15.4 Å². The number of ether oxygens (including phenoxy) is 1. The molecule has 9 nitrogen and oxygen atoms in total. The number of hydrogen-bond acceptors (Lipinski definition) is 5. The van der Waals surface area contributed by atoms with Gasteiger partial charge in [-0.3, -0.25) is 19.2 Å². The van der Waals surface area contributed by atoms with Gasteiger partial charge in [-0.05, 0) is 26.0 Å². The molecule has 1 fully saturated rings. The van der Waals surface area contributed by atoms with Crippen LogP contribution < -0.4 is 15.4 Å². The highest BCUT2D eigenvalue weighted by molar-refractivity contribution is 6.05. The second-order valence-electron chi connectivity index (χ2n) is 6.94. The van der Waals surface area contributed by atoms with Crippen LogP contribution >= 0.6 is 0 Å². The van der Waals surface area contributed by atoms with Gasteiger partial charge in [-0.2, -0.15) is 5.10 Å². The predicted octanol–water partition coefficient (Wildman–Crippen LogP) is 1.14. The van der Waals surface area contributed by atoms with Crippen LogP contribution in [0.2, 0.25) is 0 Å². The monoisotopic (exact) mass is 399 g/mol. The van der Waals surface area contributed by atoms with E-state index in [1.807, 2.05) is 36.7 Å². The maximum absolute atomic E-state index is 12.6. The minimum Gasteiger partial charge on any atom is -0.496 e. The van der Waals surface area contributed by atoms with Gasteiger partial charge in [0.2, 0.25) is 5.91 Å². The van der Waals surface area contributed by atoms with Gasteiger partial charge in [-0.1, -0.05) is 18.2 Å². The molecule has 154 valence electrons. The molecule has 0 radical (unpaired) electrons. The molecular formula is C20H25N5O4. The molecule has 1 unspecified atom stereocenters. The lowest BCUT2D eigenvalue weighted by Gasteiger charge is -2.15. The van der Waals surface area contributed by atoms with Crippen LogP contribution in [-0.4, -0.2) is 52.2 Å². The van der Waals surface area contributed by atoms with Crippen molar-refractivity contribution < 1.29 is 19.1 Å². The molecule has 9 heteroatoms. The summed E-state index contributed by atoms with van der Waals surface area (Å²) in [7, 11) is 1.53. The van der Waals surface area contributed by atoms with Gasteiger partial charge >= 0.3 is 6.03 Å². The molecule has 1 aromatic heterocycles. The Morgan fingerprint density at radius 1 is 1.28 bits per heavy atom. The average Bonchev–Trinajstić information content (AvgIpc) is 3.14. The number of aryl methyl sites for hydroxylation is 2. The smallest absolute Gasteiger partial charge is 0.325 e. The third-order valence-electron chi connectivity index (χ3n) is 4.77. The third kappa shape index (κ3) is 4.74. The van der Waals surface area contributed by atoms with Crippen molar-refractivity contribution in [3.8, 4) is 5.75 Å². The molecule has 0 saturated carbocycles. The lowest BCUT2D eigenvalue weighted by Crippen LogP contribution is -2.37. The fourth-order valence-corrected chi connectivity index (χ4v) is 3.33. The van der Waals surface area contributed by atoms with Crippen LogP contribution in [0.3, 0.4) is 0 Å². The molecule has 1 aromatic carbocycles. The first-order valence-electron chi connectivity index (χ1n) is 9.40. The second kappa shape index (κ2) is 8.76. The Hall–Kier alpha value is -3.36. The predicted molar refractivity (Wildman–Crippen MR) is 105 cm³/mol. The standard InChI is InChI=1S/C20H25N5O4/c1-13-10-14(2)25(23-13)9-8-21-18(26)11-16-19(27)24(20(28)22-16)12-15-6-4-5-7-17(15)29-3/h4-7,10,16H,8-9,11-12H2,1-3H3,(H,21,26)(H,22,28). The normalized spacial score (nSPS) is 16.1. The van der Waals surface area contributed by atoms with Crippen molar-refractivity contribution in [3.05, 3.63) is 47.3 Å². The lowest BCUT2D eigenvalue weighted by molar-refractivity contribution is -0.131. The zero-order valence-corrected chi connectivity index (χ0v) is 16.8. The Bertz CT molecular complexity index is 923. The largest absolute Gasteiger partial charge is 0.496 e. The van der Waals surface area contributed by atoms with Gasteiger partial charge in [0.05, 0.1) is 32.3 Å². The Balaban J connectivity index is 1.52. The number of carbonyl (C=O) groups is 3. The van der Waals surface area contributed by atoms with E-state index in [4.69, 9.17) is 4.74 Å². The first-order chi connectivity index (χ1) is 13.9. The molecule has 0 aliphatic carbocycles. The molecule has 1 saturated heterocycles. The van der Waals surface area contributed by atoms with Gasteiger partial charge in [0.25, 0.3) is 5.91 Å². The van der Waals surface area contributed by atoms with E-state index in [2.05, 4.69) is 15.7 Å². The van der Waals surface area contributed by atoms with Gasteiger partial charge in [0, 0.05) is 17.8 Å². The van der Waals surface area contributed by atoms with Crippen LogP contribution in [0.15, 0.2) is 30.3 Å². The molecular weight excluding hydrogens is 374 g/mol. The van der Waals surface area contributed by atoms with Crippen molar-refractivity contribution in [2.45, 2.75) is 39.4 Å². The zero-order chi connectivity index (χ0) is 21.0. The first kappa shape index (κ1) is 20.4. The first-order valence-corrected chi connectivity index (χ1v) is 9.40. The average molecular weight is 399 g/mol. The number of aromatic nitrogens is 2. The quantitative estimate of drug-likeness (QED) is 0.648. The van der Waals surface area contributed by atoms with Crippen LogP contribution in [0.4, 0.5) is 4.79 Å². The molecule has 2 N–H and O–H groups in total. The Labute approximate surface area is 169 Å². The summed E-state index contributed by atoms with van der Waals surface area (Å²) in [6.07, 6.45) is -0.107. The number of para-hydroxylation sites is 1. The summed E-state index contributed by atoms with van der Waals surface area (Å²) in [5.74, 6) is -0.127. The van der Waals surface area contributed by atoms with Crippen LogP contribution in [0.5, 0.6) is 5.75 Å². The van der Waals surface area contributed by atoms with Crippen molar-refractivity contribution in [3.63, 3.8) is 0 Å². The highest BCUT2D eigenvalue weighted by atomic mass is 16.5. The second-order valence-corrected chi connectivity index (χ2v) is 6.94. The fraction of sp³-hybridized carbons (Fsp3) is 0.400. The van der Waals surface area contributed by atoms with E-state index < -0.39 is 18.0 Å². The molecule has 2 heterocycles. The number of hydrogen-bond donors (Lipinski definition) is 2. The number of methoxy groups -OCH3 is 1. The summed E-state index contributed by atoms with van der Waals surface area (Å²) in [5.41, 5.74) is 2.65. The molecule has 0 bridgehead atoms. The Morgan fingerprint density at radius 3 is 2.72 bits per heavy atom. The highest BCUT2D eigenvalue weighted by Gasteiger charge is 2.39. The van der Waals surface area contributed by atoms with E-state index >= 15 is 0 Å². The molecule has 1 atom stereocenters. The van der Waals surface area contributed by atoms with Crippen LogP contribution in [-0.2, 0) is 22.7 Å². The Kier molecular flexibility index (Phi) is 6.16. The summed E-state index contributed by atoms with van der Waals surface area (Å²) in [5, 5.41) is 9.69. The molecule has 1 aliphatic heterocycles. The van der Waals surface area contributed by atoms with Crippen LogP contribution in [0.1, 0.15) is 23.4 Å². The molecule has 0 spiro atoms. The summed E-state index contributed by atoms with van der Waals surface area (Å²) in [4.78, 5) is 38.2. The number of urea groups is 1. The van der Waals surface area contributed by atoms with Gasteiger partial charge in [-0.25, -0.2) is 4.79 Å². The van der Waals surface area contributed by atoms with Crippen molar-refractivity contribution in [2.24, 2.45) is 0 Å². The van der Waals surface area contributed by atoms with E-state index in [0.29, 0.717) is 24.4 Å². The maximum atomic E-state index is 12.6. The number of nitrogens with one attached hydrogen (secondary N) is 2. The van der Waals surface area contributed by atoms with Crippen molar-refractivity contribution >= 4 is 17.8 Å². The van der Waals surface area contributed by atoms with Gasteiger partial charge in [0.1, 0.15) is 11.8 Å². The minimum atomic E-state index is -0.870. The van der Waals surface area contributed by atoms with E-state index in [0.717, 1.165) is 16.3 Å². The van der Waals surface area contributed by atoms with Crippen molar-refractivity contribution in [1.29, 1.82) is 0 Å². The topological polar surface area (TPSA) is 106 Å². The number of amides is 4. The summed E-state index contributed by atoms with van der Waals surface area (Å²) < 4.78 is 7.08. The number of carbonyl (C=O) groups excluding carboxylic acids is 3. The number of benzene rings is 1. The number of nitrogens with zero attached hydrogens (tertiary/aromatic N) is 3. The highest BCUT2D eigenvalue weighted by Crippen LogP contribution is 2.21. The van der Waals surface area contributed by atoms with Gasteiger partial charge in [0.15, 0.2) is 0 Å². The van der Waals surface area contributed by atoms with Gasteiger partial charge in [-0.15, -0.1) is 0 Å². The SMILES string of the molecule is COc1ccccc1CN1C(=O)NC(CC(=O)NCCn2nc(C)cc2C)C1=O. The lowest BCUT2D eigenvalue weighted by atomic mass is 10.1. The van der Waals surface area contributed by atoms with Crippen LogP contribution in [0, 0.1) is 13.8 Å². The van der Waals surface area contributed by atoms with E-state index in [1.165, 1.54) is 7.11 Å². The summed E-state index contributed by atoms with van der Waals surface area (Å²) >= 11 is 0. The molecule has 29 heavy (non-hydrogen) atoms. The number of rotatable bonds is 8. The van der Waals surface area contributed by atoms with E-state index in [-0.39, 0.29) is 18.9 Å². The van der Waals surface area contributed by atoms with E-state index in [1.54, 1.807) is 12.1 Å². The minimum absolute atomic E-state index is 0.0880. The fourth-order valence-electron chi connectivity index (χ4n) is 3.33. The zero-order valence-electron chi connectivity index (χ0n) is 16.8. The summed E-state index contributed by atoms with van der Waals surface area (Å²) in [6.45, 7) is 4.87. The molecule has 1 aliphatic rings. The molecule has 2 aromatic rings. The van der Waals surface area contributed by atoms with Crippen molar-refractivity contribution in [2.75, 3.05) is 13.7 Å². The summed E-state index contributed by atoms with van der Waals surface area (Å²) in [6, 6.07) is 7.76.